The first-order valence-corrected chi connectivity index (χ1v) is 48.3. The van der Waals surface area contributed by atoms with Crippen LogP contribution in [0.3, 0.4) is 0 Å². The molecule has 8 saturated carbocycles. The van der Waals surface area contributed by atoms with Crippen molar-refractivity contribution in [3.8, 4) is 29.4 Å². The molecule has 49 heteroatoms. The van der Waals surface area contributed by atoms with Crippen LogP contribution >= 0.6 is 0 Å². The zero-order valence-electron chi connectivity index (χ0n) is 80.9. The summed E-state index contributed by atoms with van der Waals surface area (Å²) in [5.74, 6) is 7.23. The van der Waals surface area contributed by atoms with Crippen molar-refractivity contribution in [2.75, 3.05) is 129 Å². The first-order chi connectivity index (χ1) is 71.3. The lowest BCUT2D eigenvalue weighted by atomic mass is 9.93. The highest BCUT2D eigenvalue weighted by molar-refractivity contribution is 6.04. The number of ether oxygens (including phenoxy) is 7. The van der Waals surface area contributed by atoms with Gasteiger partial charge in [-0.15, -0.1) is 0 Å². The van der Waals surface area contributed by atoms with Crippen LogP contribution in [0.1, 0.15) is 155 Å². The average molecular weight is 2000 g/mol. The van der Waals surface area contributed by atoms with Crippen molar-refractivity contribution in [1.82, 2.24) is 124 Å². The summed E-state index contributed by atoms with van der Waals surface area (Å²) >= 11 is 0. The summed E-state index contributed by atoms with van der Waals surface area (Å²) in [7, 11) is 12.1. The molecule has 15 N–H and O–H groups in total. The molecule has 0 aromatic carbocycles. The molecule has 8 aliphatic rings. The molecule has 8 aliphatic carbocycles. The SMILES string of the molecule is CNc1cc(Nc2cccnc2OC2CC2)nc2c(C(=O)NC3CC3)cnn12.CNc1cc(Nc2cccnc2OC2CC2)nc2c(C(=O)NC3CCC3)cnn12.CNc1cc(Nc2cccnc2OC2CC2)nc2c(C(=O)N[C@H]3C[C@H]3F)cnn12.CNc1cc(Nc2cccnc2OCCOC)nc2c(C(=O)NC3CCC3)cnn12.CNc1cc(Nc2cccnc2OCCOC)nc2c(C(=O)N[C@H]3C[C@H]3F)cnn12. The van der Waals surface area contributed by atoms with Gasteiger partial charge in [0.15, 0.2) is 28.2 Å². The lowest BCUT2D eigenvalue weighted by Gasteiger charge is -2.26. The smallest absolute Gasteiger partial charge is 0.257 e. The lowest BCUT2D eigenvalue weighted by molar-refractivity contribution is 0.0910. The molecule has 23 rings (SSSR count). The molecule has 4 atom stereocenters. The van der Waals surface area contributed by atoms with E-state index in [1.165, 1.54) is 21.4 Å². The zero-order valence-corrected chi connectivity index (χ0v) is 80.9. The van der Waals surface area contributed by atoms with Crippen molar-refractivity contribution in [3.63, 3.8) is 0 Å². The van der Waals surface area contributed by atoms with Crippen molar-refractivity contribution in [2.45, 2.75) is 164 Å². The van der Waals surface area contributed by atoms with Gasteiger partial charge in [-0.1, -0.05) is 0 Å². The summed E-state index contributed by atoms with van der Waals surface area (Å²) in [5, 5.41) is 67.4. The Morgan fingerprint density at radius 1 is 0.322 bits per heavy atom. The van der Waals surface area contributed by atoms with Crippen LogP contribution in [0.25, 0.3) is 28.2 Å². The van der Waals surface area contributed by atoms with Gasteiger partial charge in [0, 0.05) is 142 Å². The Morgan fingerprint density at radius 3 is 0.767 bits per heavy atom. The number of pyridine rings is 5. The second-order valence-corrected chi connectivity index (χ2v) is 35.5. The summed E-state index contributed by atoms with van der Waals surface area (Å²) in [6.07, 6.45) is 30.0. The number of alkyl halides is 2. The molecular formula is C97H111F2N35O12. The van der Waals surface area contributed by atoms with Gasteiger partial charge < -0.3 is 113 Å². The van der Waals surface area contributed by atoms with Crippen molar-refractivity contribution < 1.29 is 65.9 Å². The minimum Gasteiger partial charge on any atom is -0.474 e. The van der Waals surface area contributed by atoms with E-state index in [1.54, 1.807) is 155 Å². The molecule has 0 saturated heterocycles. The maximum Gasteiger partial charge on any atom is 0.257 e. The van der Waals surface area contributed by atoms with Gasteiger partial charge in [0.05, 0.1) is 56.3 Å². The Kier molecular flexibility index (Phi) is 29.9. The fourth-order valence-corrected chi connectivity index (χ4v) is 15.2. The van der Waals surface area contributed by atoms with Crippen LogP contribution in [-0.4, -0.2) is 264 Å². The van der Waals surface area contributed by atoms with E-state index in [-0.39, 0.29) is 65.3 Å². The first-order valence-electron chi connectivity index (χ1n) is 48.3. The summed E-state index contributed by atoms with van der Waals surface area (Å²) in [4.78, 5) is 107. The van der Waals surface area contributed by atoms with Crippen molar-refractivity contribution in [2.24, 2.45) is 0 Å². The van der Waals surface area contributed by atoms with E-state index in [1.807, 2.05) is 48.5 Å². The topological polar surface area (TPSA) is 546 Å². The van der Waals surface area contributed by atoms with Gasteiger partial charge in [0.25, 0.3) is 29.5 Å². The fraction of sp³-hybridized carbons (Fsp3) is 0.381. The van der Waals surface area contributed by atoms with Gasteiger partial charge in [-0.3, -0.25) is 24.0 Å². The minimum atomic E-state index is -0.990. The Hall–Kier alpha value is -17.0. The van der Waals surface area contributed by atoms with Crippen LogP contribution in [0.2, 0.25) is 0 Å². The molecule has 146 heavy (non-hydrogen) atoms. The molecule has 760 valence electrons. The molecule has 0 aliphatic heterocycles. The highest BCUT2D eigenvalue weighted by Gasteiger charge is 2.41. The third kappa shape index (κ3) is 23.8. The molecule has 0 unspecified atom stereocenters. The summed E-state index contributed by atoms with van der Waals surface area (Å²) in [5.41, 5.74) is 7.45. The number of methoxy groups -OCH3 is 2. The highest BCUT2D eigenvalue weighted by Crippen LogP contribution is 2.39. The second kappa shape index (κ2) is 44.6. The second-order valence-electron chi connectivity index (χ2n) is 35.5. The largest absolute Gasteiger partial charge is 0.474 e. The molecule has 15 aromatic rings. The van der Waals surface area contributed by atoms with E-state index >= 15 is 0 Å². The van der Waals surface area contributed by atoms with Crippen LogP contribution < -0.4 is 103 Å². The summed E-state index contributed by atoms with van der Waals surface area (Å²) in [6, 6.07) is 27.2. The van der Waals surface area contributed by atoms with E-state index in [2.05, 4.69) is 155 Å². The van der Waals surface area contributed by atoms with Crippen molar-refractivity contribution >= 4 is 144 Å². The number of fused-ring (bicyclic) bond motifs is 5. The number of aromatic nitrogens is 20. The number of nitrogens with zero attached hydrogens (tertiary/aromatic N) is 20. The van der Waals surface area contributed by atoms with Gasteiger partial charge in [0.1, 0.15) is 158 Å². The fourth-order valence-electron chi connectivity index (χ4n) is 15.2. The van der Waals surface area contributed by atoms with E-state index in [4.69, 9.17) is 33.2 Å². The molecular weight excluding hydrogens is 1890 g/mol. The monoisotopic (exact) mass is 2000 g/mol. The van der Waals surface area contributed by atoms with Crippen LogP contribution in [0, 0.1) is 0 Å². The molecule has 5 amide bonds. The Morgan fingerprint density at radius 2 is 0.555 bits per heavy atom. The summed E-state index contributed by atoms with van der Waals surface area (Å²) in [6.45, 7) is 1.61. The maximum absolute atomic E-state index is 13.2. The average Bonchev–Trinajstić information content (AvgIpc) is 1.64. The zero-order chi connectivity index (χ0) is 101. The number of hydrogen-bond donors (Lipinski definition) is 15. The third-order valence-electron chi connectivity index (χ3n) is 24.3. The van der Waals surface area contributed by atoms with Crippen molar-refractivity contribution in [3.05, 3.63) is 181 Å². The van der Waals surface area contributed by atoms with Gasteiger partial charge in [-0.05, 0) is 151 Å². The first kappa shape index (κ1) is 97.8. The maximum atomic E-state index is 13.2. The van der Waals surface area contributed by atoms with Crippen LogP contribution in [0.15, 0.2) is 153 Å². The van der Waals surface area contributed by atoms with Crippen molar-refractivity contribution in [1.29, 1.82) is 0 Å². The molecule has 47 nitrogen and oxygen atoms in total. The number of halogens is 2. The number of carbonyl (C=O) groups is 5. The number of rotatable bonds is 39. The molecule has 0 bridgehead atoms. The van der Waals surface area contributed by atoms with E-state index in [0.717, 1.165) is 101 Å². The normalized spacial score (nSPS) is 16.8. The minimum absolute atomic E-state index is 0.143. The molecule has 0 radical (unpaired) electrons. The van der Waals surface area contributed by atoms with Gasteiger partial charge in [0.2, 0.25) is 29.4 Å². The van der Waals surface area contributed by atoms with Gasteiger partial charge in [-0.25, -0.2) is 58.6 Å². The van der Waals surface area contributed by atoms with E-state index < -0.39 is 36.2 Å². The molecule has 0 spiro atoms. The molecule has 15 aromatic heterocycles. The standard InChI is InChI=1S/C20H25N7O3.C20H23N7O2.C19H22FN7O3.C19H20FN7O2.C19H21N7O2/c1-21-17-11-16(25-15-7-4-8-22-20(15)30-10-9-29-2)26-18-14(12-23-27(17)18)19(28)24-13-5-3-6-13;1-21-17-10-16(25-15-6-3-9-22-20(15)29-13-7-8-13)26-18-14(11-23-27(17)18)19(28)24-12-4-2-5-12;1-21-16-9-15(24-13-4-3-5-22-19(13)30-7-6-29-2)26-17-11(10-23-27(16)17)18(28)25-14-8-12(14)20;1-21-16-8-15(24-13-3-2-6-22-19(13)29-10-4-5-10)26-17-11(9-23-27(16)17)18(28)25-14-7-12(14)20;1-20-16-9-15(24-14-3-2-8-21-19(14)28-12-6-7-12)25-17-13(10-22-26(16)17)18(27)23-11-4-5-11/h4,7-8,11-13,21H,3,5-6,9-10H2,1-2H3,(H,24,28)(H,25,26);3,6,9-13,21H,2,4-5,7-8H2,1H3,(H,24,28)(H,25,26);3-5,9-10,12,14,21H,6-8H2,1-2H3,(H,24,26)(H,25,28);2-3,6,8-10,12,14,21H,4-5,7H2,1H3,(H,24,26)(H,25,28);2-3,8-12,20H,4-7H2,1H3,(H,23,27)(H,24,25)/t;;2*12-,14+;/m..11./s1. The molecule has 8 fully saturated rings. The highest BCUT2D eigenvalue weighted by atomic mass is 19.1. The number of hydrogen-bond acceptors (Lipinski definition) is 37. The van der Waals surface area contributed by atoms with Gasteiger partial charge in [-0.2, -0.15) is 48.1 Å². The number of anilines is 15. The Balaban J connectivity index is 0.000000115. The van der Waals surface area contributed by atoms with Crippen LogP contribution in [0.4, 0.5) is 95.4 Å². The predicted molar refractivity (Wildman–Crippen MR) is 538 cm³/mol. The number of nitrogens with one attached hydrogen (secondary N) is 15. The number of carbonyl (C=O) groups excluding carboxylic acids is 5. The van der Waals surface area contributed by atoms with Gasteiger partial charge >= 0.3 is 0 Å². The van der Waals surface area contributed by atoms with Crippen LogP contribution in [-0.2, 0) is 9.47 Å². The van der Waals surface area contributed by atoms with E-state index in [0.29, 0.717) is 189 Å². The predicted octanol–water partition coefficient (Wildman–Crippen LogP) is 11.4. The number of amides is 5. The van der Waals surface area contributed by atoms with Crippen LogP contribution in [0.5, 0.6) is 29.4 Å². The summed E-state index contributed by atoms with van der Waals surface area (Å²) < 4.78 is 73.2. The lowest BCUT2D eigenvalue weighted by Crippen LogP contribution is -2.39. The van der Waals surface area contributed by atoms with E-state index in [9.17, 15) is 32.8 Å². The molecule has 15 heterocycles. The quantitative estimate of drug-likeness (QED) is 0.0159. The third-order valence-corrected chi connectivity index (χ3v) is 24.3. The Labute approximate surface area is 833 Å². The Bertz CT molecular complexity index is 6910.